The van der Waals surface area contributed by atoms with Crippen molar-refractivity contribution in [2.45, 2.75) is 6.42 Å². The summed E-state index contributed by atoms with van der Waals surface area (Å²) in [5.41, 5.74) is 0. The molecule has 0 aliphatic heterocycles. The summed E-state index contributed by atoms with van der Waals surface area (Å²) in [6, 6.07) is 0. The molecule has 0 heterocycles. The molecule has 0 spiro atoms. The van der Waals surface area contributed by atoms with Gasteiger partial charge in [0, 0.05) is 5.88 Å². The van der Waals surface area contributed by atoms with Crippen molar-refractivity contribution in [3.8, 4) is 0 Å². The van der Waals surface area contributed by atoms with Crippen LogP contribution < -0.4 is 0 Å². The van der Waals surface area contributed by atoms with E-state index >= 15 is 0 Å². The van der Waals surface area contributed by atoms with E-state index in [1.54, 1.807) is 6.08 Å². The van der Waals surface area contributed by atoms with Crippen LogP contribution in [-0.2, 0) is 26.2 Å². The summed E-state index contributed by atoms with van der Waals surface area (Å²) in [7, 11) is 0. The number of alkyl halides is 1. The average Bonchev–Trinajstić information content (AvgIpc) is 2.43. The van der Waals surface area contributed by atoms with Crippen molar-refractivity contribution in [1.29, 1.82) is 0 Å². The summed E-state index contributed by atoms with van der Waals surface area (Å²) >= 11 is 5.07. The minimum Gasteiger partial charge on any atom is -0.358 e. The molecule has 0 saturated carbocycles. The third-order valence-corrected chi connectivity index (χ3v) is 0.913. The van der Waals surface area contributed by atoms with Crippen LogP contribution in [0.3, 0.4) is 0 Å². The van der Waals surface area contributed by atoms with Crippen molar-refractivity contribution in [2.24, 2.45) is 0 Å². The maximum Gasteiger partial charge on any atom is 2.00 e. The summed E-state index contributed by atoms with van der Waals surface area (Å²) < 4.78 is 0. The van der Waals surface area contributed by atoms with Crippen molar-refractivity contribution in [3.05, 3.63) is 44.4 Å². The van der Waals surface area contributed by atoms with Crippen LogP contribution in [0.5, 0.6) is 0 Å². The molecule has 11 heavy (non-hydrogen) atoms. The molecule has 0 aromatic rings. The summed E-state index contributed by atoms with van der Waals surface area (Å²) in [5, 5.41) is 0. The molecule has 0 amide bonds. The maximum atomic E-state index is 5.07. The van der Waals surface area contributed by atoms with Gasteiger partial charge in [-0.3, -0.25) is 6.08 Å². The first kappa shape index (κ1) is 17.5. The fraction of sp³-hybridized carbons (Fsp3) is 0.222. The van der Waals surface area contributed by atoms with Gasteiger partial charge in [0.05, 0.1) is 0 Å². The van der Waals surface area contributed by atoms with Crippen LogP contribution >= 0.6 is 11.6 Å². The van der Waals surface area contributed by atoms with Gasteiger partial charge < -0.3 is 7.43 Å². The summed E-state index contributed by atoms with van der Waals surface area (Å²) in [4.78, 5) is 0. The first-order valence-corrected chi connectivity index (χ1v) is 3.34. The van der Waals surface area contributed by atoms with Gasteiger partial charge in [-0.05, 0) is 0 Å². The molecule has 0 saturated heterocycles. The number of halogens is 1. The van der Waals surface area contributed by atoms with Gasteiger partial charge >= 0.3 is 26.2 Å². The molecule has 0 radical (unpaired) electrons. The molecule has 60 valence electrons. The molecular weight excluding hydrogens is 235 g/mol. The Bertz CT molecular complexity index is 107. The molecule has 0 aromatic heterocycles. The van der Waals surface area contributed by atoms with Gasteiger partial charge in [0.15, 0.2) is 0 Å². The second-order valence-electron chi connectivity index (χ2n) is 1.45. The van der Waals surface area contributed by atoms with Crippen molar-refractivity contribution in [1.82, 2.24) is 0 Å². The van der Waals surface area contributed by atoms with Crippen LogP contribution in [0.2, 0.25) is 0 Å². The molecule has 0 atom stereocenters. The van der Waals surface area contributed by atoms with E-state index in [4.69, 9.17) is 11.6 Å². The Morgan fingerprint density at radius 3 is 2.27 bits per heavy atom. The van der Waals surface area contributed by atoms with Crippen LogP contribution in [0.25, 0.3) is 0 Å². The van der Waals surface area contributed by atoms with E-state index in [9.17, 15) is 0 Å². The van der Waals surface area contributed by atoms with Crippen LogP contribution in [0.15, 0.2) is 30.9 Å². The molecule has 1 aliphatic rings. The summed E-state index contributed by atoms with van der Waals surface area (Å²) in [5.74, 6) is 0.556. The largest absolute Gasteiger partial charge is 2.00 e. The molecule has 0 nitrogen and oxygen atoms in total. The third-order valence-electron chi connectivity index (χ3n) is 0.695. The Labute approximate surface area is 94.1 Å². The first-order valence-electron chi connectivity index (χ1n) is 2.80. The van der Waals surface area contributed by atoms with E-state index in [-0.39, 0.29) is 33.6 Å². The van der Waals surface area contributed by atoms with Crippen LogP contribution in [-0.4, -0.2) is 5.88 Å². The average molecular weight is 248 g/mol. The number of hydrogen-bond acceptors (Lipinski definition) is 0. The Morgan fingerprint density at radius 2 is 2.18 bits per heavy atom. The van der Waals surface area contributed by atoms with E-state index in [1.165, 1.54) is 0 Å². The van der Waals surface area contributed by atoms with Crippen LogP contribution in [0.1, 0.15) is 6.42 Å². The molecule has 1 rings (SSSR count). The van der Waals surface area contributed by atoms with E-state index in [0.717, 1.165) is 6.42 Å². The predicted molar refractivity (Wildman–Crippen MR) is 48.9 cm³/mol. The molecule has 0 fully saturated rings. The van der Waals surface area contributed by atoms with E-state index in [2.05, 4.69) is 18.7 Å². The molecular formula is C9H13ClZr. The van der Waals surface area contributed by atoms with Gasteiger partial charge in [0.25, 0.3) is 0 Å². The molecule has 0 N–H and O–H groups in total. The predicted octanol–water partition coefficient (Wildman–Crippen LogP) is 3.16. The Morgan fingerprint density at radius 1 is 1.64 bits per heavy atom. The second-order valence-corrected chi connectivity index (χ2v) is 1.75. The fourth-order valence-corrected chi connectivity index (χ4v) is 0.340. The van der Waals surface area contributed by atoms with Crippen molar-refractivity contribution >= 4 is 11.6 Å². The monoisotopic (exact) mass is 246 g/mol. The van der Waals surface area contributed by atoms with Crippen LogP contribution in [0.4, 0.5) is 0 Å². The molecule has 0 bridgehead atoms. The molecule has 0 unspecified atom stereocenters. The summed E-state index contributed by atoms with van der Waals surface area (Å²) in [6.07, 6.45) is 11.6. The zero-order chi connectivity index (χ0) is 6.95. The SMILES string of the molecule is C=CCCl.[C-]1=CC=CC1.[CH3-].[Zr+2]. The fourth-order valence-electron chi connectivity index (χ4n) is 0.340. The number of rotatable bonds is 1. The van der Waals surface area contributed by atoms with Gasteiger partial charge in [0.1, 0.15) is 0 Å². The first-order chi connectivity index (χ1) is 4.41. The smallest absolute Gasteiger partial charge is 0.358 e. The van der Waals surface area contributed by atoms with Gasteiger partial charge in [-0.2, -0.15) is 6.08 Å². The minimum atomic E-state index is 0. The topological polar surface area (TPSA) is 0 Å². The maximum absolute atomic E-state index is 5.07. The zero-order valence-corrected chi connectivity index (χ0v) is 10.0. The van der Waals surface area contributed by atoms with E-state index in [0.29, 0.717) is 5.88 Å². The zero-order valence-electron chi connectivity index (χ0n) is 6.81. The molecule has 1 aliphatic carbocycles. The van der Waals surface area contributed by atoms with E-state index in [1.807, 2.05) is 12.2 Å². The Kier molecular flexibility index (Phi) is 26.6. The number of allylic oxidation sites excluding steroid dienone is 5. The molecule has 2 heteroatoms. The van der Waals surface area contributed by atoms with E-state index < -0.39 is 0 Å². The normalized spacial score (nSPS) is 10.3. The number of hydrogen-bond donors (Lipinski definition) is 0. The van der Waals surface area contributed by atoms with Gasteiger partial charge in [-0.1, -0.05) is 6.08 Å². The standard InChI is InChI=1S/C5H5.C3H5Cl.CH3.Zr/c1-2-4-5-3-1;1-2-3-4;;/h1-3H,4H2;2H,1,3H2;1H3;/q-1;;-1;+2. The van der Waals surface area contributed by atoms with Gasteiger partial charge in [-0.15, -0.1) is 24.6 Å². The van der Waals surface area contributed by atoms with Gasteiger partial charge in [0.2, 0.25) is 0 Å². The second kappa shape index (κ2) is 16.8. The van der Waals surface area contributed by atoms with Crippen molar-refractivity contribution in [3.63, 3.8) is 0 Å². The summed E-state index contributed by atoms with van der Waals surface area (Å²) in [6.45, 7) is 3.35. The Hall–Kier alpha value is 0.393. The van der Waals surface area contributed by atoms with Crippen molar-refractivity contribution in [2.75, 3.05) is 5.88 Å². The van der Waals surface area contributed by atoms with Crippen molar-refractivity contribution < 1.29 is 26.2 Å². The quantitative estimate of drug-likeness (QED) is 0.379. The molecule has 0 aromatic carbocycles. The van der Waals surface area contributed by atoms with Gasteiger partial charge in [-0.25, -0.2) is 12.2 Å². The minimum absolute atomic E-state index is 0. The van der Waals surface area contributed by atoms with Crippen LogP contribution in [0, 0.1) is 13.5 Å². The Balaban J connectivity index is -0.000000101. The third kappa shape index (κ3) is 17.9.